The monoisotopic (exact) mass is 341 g/mol. The van der Waals surface area contributed by atoms with Crippen molar-refractivity contribution in [1.82, 2.24) is 10.3 Å². The minimum absolute atomic E-state index is 0.123. The maximum absolute atomic E-state index is 12.2. The van der Waals surface area contributed by atoms with E-state index in [0.29, 0.717) is 6.61 Å². The zero-order chi connectivity index (χ0) is 18.2. The Balaban J connectivity index is 1.96. The van der Waals surface area contributed by atoms with Gasteiger partial charge in [0.2, 0.25) is 5.91 Å². The zero-order valence-corrected chi connectivity index (χ0v) is 15.1. The standard InChI is InChI=1S/C20H27N3O2/c1-4-14(2)19(21)20(24)23-15(3)16-8-7-10-18(12-16)25-13-17-9-5-6-11-22-17/h5-12,14-15,19H,4,13,21H2,1-3H3,(H,23,24). The first-order chi connectivity index (χ1) is 12.0. The van der Waals surface area contributed by atoms with Gasteiger partial charge in [0.1, 0.15) is 12.4 Å². The maximum atomic E-state index is 12.2. The molecule has 3 unspecified atom stereocenters. The average Bonchev–Trinajstić information content (AvgIpc) is 2.66. The lowest BCUT2D eigenvalue weighted by Crippen LogP contribution is -2.45. The van der Waals surface area contributed by atoms with Crippen LogP contribution in [0.15, 0.2) is 48.7 Å². The lowest BCUT2D eigenvalue weighted by Gasteiger charge is -2.21. The van der Waals surface area contributed by atoms with Crippen molar-refractivity contribution in [2.24, 2.45) is 11.7 Å². The number of nitrogens with two attached hydrogens (primary N) is 1. The van der Waals surface area contributed by atoms with Gasteiger partial charge >= 0.3 is 0 Å². The van der Waals surface area contributed by atoms with Gasteiger partial charge < -0.3 is 15.8 Å². The van der Waals surface area contributed by atoms with E-state index in [9.17, 15) is 4.79 Å². The predicted octanol–water partition coefficient (Wildman–Crippen LogP) is 3.21. The number of benzene rings is 1. The molecule has 3 atom stereocenters. The Hall–Kier alpha value is -2.40. The van der Waals surface area contributed by atoms with Crippen molar-refractivity contribution >= 4 is 5.91 Å². The fourth-order valence-corrected chi connectivity index (χ4v) is 2.42. The first-order valence-corrected chi connectivity index (χ1v) is 8.70. The summed E-state index contributed by atoms with van der Waals surface area (Å²) in [5.41, 5.74) is 7.84. The van der Waals surface area contributed by atoms with Gasteiger partial charge in [-0.1, -0.05) is 38.5 Å². The smallest absolute Gasteiger partial charge is 0.237 e. The van der Waals surface area contributed by atoms with Gasteiger partial charge in [-0.15, -0.1) is 0 Å². The molecule has 0 radical (unpaired) electrons. The summed E-state index contributed by atoms with van der Waals surface area (Å²) in [6.45, 7) is 6.37. The first kappa shape index (κ1) is 18.9. The van der Waals surface area contributed by atoms with Crippen molar-refractivity contribution < 1.29 is 9.53 Å². The fraction of sp³-hybridized carbons (Fsp3) is 0.400. The molecule has 25 heavy (non-hydrogen) atoms. The van der Waals surface area contributed by atoms with E-state index >= 15 is 0 Å². The minimum atomic E-state index is -0.490. The summed E-state index contributed by atoms with van der Waals surface area (Å²) in [4.78, 5) is 16.5. The molecule has 0 saturated heterocycles. The number of hydrogen-bond acceptors (Lipinski definition) is 4. The summed E-state index contributed by atoms with van der Waals surface area (Å²) in [7, 11) is 0. The molecule has 5 heteroatoms. The Labute approximate surface area is 149 Å². The van der Waals surface area contributed by atoms with Crippen LogP contribution in [0.4, 0.5) is 0 Å². The number of carbonyl (C=O) groups excluding carboxylic acids is 1. The van der Waals surface area contributed by atoms with Gasteiger partial charge in [0, 0.05) is 6.20 Å². The second-order valence-electron chi connectivity index (χ2n) is 6.32. The van der Waals surface area contributed by atoms with E-state index in [0.717, 1.165) is 23.4 Å². The number of pyridine rings is 1. The van der Waals surface area contributed by atoms with Crippen molar-refractivity contribution in [1.29, 1.82) is 0 Å². The fourth-order valence-electron chi connectivity index (χ4n) is 2.42. The third kappa shape index (κ3) is 5.57. The Morgan fingerprint density at radius 2 is 2.04 bits per heavy atom. The van der Waals surface area contributed by atoms with Gasteiger partial charge in [0.15, 0.2) is 0 Å². The molecule has 0 bridgehead atoms. The van der Waals surface area contributed by atoms with E-state index in [4.69, 9.17) is 10.5 Å². The van der Waals surface area contributed by atoms with Crippen molar-refractivity contribution in [3.63, 3.8) is 0 Å². The number of aromatic nitrogens is 1. The second kappa shape index (κ2) is 9.18. The van der Waals surface area contributed by atoms with Gasteiger partial charge in [-0.2, -0.15) is 0 Å². The van der Waals surface area contributed by atoms with Crippen LogP contribution >= 0.6 is 0 Å². The van der Waals surface area contributed by atoms with E-state index < -0.39 is 6.04 Å². The van der Waals surface area contributed by atoms with E-state index in [2.05, 4.69) is 10.3 Å². The van der Waals surface area contributed by atoms with Crippen LogP contribution in [0, 0.1) is 5.92 Å². The Bertz CT molecular complexity index is 676. The summed E-state index contributed by atoms with van der Waals surface area (Å²) in [6, 6.07) is 12.8. The Morgan fingerprint density at radius 3 is 2.72 bits per heavy atom. The number of rotatable bonds is 8. The van der Waals surface area contributed by atoms with Crippen LogP contribution in [0.3, 0.4) is 0 Å². The molecule has 0 aliphatic rings. The molecule has 1 amide bonds. The molecule has 5 nitrogen and oxygen atoms in total. The highest BCUT2D eigenvalue weighted by Gasteiger charge is 2.21. The minimum Gasteiger partial charge on any atom is -0.487 e. The van der Waals surface area contributed by atoms with Crippen LogP contribution in [-0.4, -0.2) is 16.9 Å². The number of nitrogens with one attached hydrogen (secondary N) is 1. The van der Waals surface area contributed by atoms with Crippen LogP contribution in [0.2, 0.25) is 0 Å². The van der Waals surface area contributed by atoms with Crippen LogP contribution < -0.4 is 15.8 Å². The largest absolute Gasteiger partial charge is 0.487 e. The number of amides is 1. The lowest BCUT2D eigenvalue weighted by atomic mass is 9.98. The van der Waals surface area contributed by atoms with E-state index in [1.807, 2.05) is 63.2 Å². The number of ether oxygens (including phenoxy) is 1. The van der Waals surface area contributed by atoms with Gasteiger partial charge in [0.05, 0.1) is 17.8 Å². The van der Waals surface area contributed by atoms with Crippen molar-refractivity contribution in [3.05, 3.63) is 59.9 Å². The molecule has 0 fully saturated rings. The summed E-state index contributed by atoms with van der Waals surface area (Å²) in [6.07, 6.45) is 2.62. The average molecular weight is 341 g/mol. The number of hydrogen-bond donors (Lipinski definition) is 2. The van der Waals surface area contributed by atoms with Gasteiger partial charge in [-0.25, -0.2) is 0 Å². The normalized spacial score (nSPS) is 14.4. The van der Waals surface area contributed by atoms with Gasteiger partial charge in [-0.05, 0) is 42.7 Å². The maximum Gasteiger partial charge on any atom is 0.237 e. The summed E-state index contributed by atoms with van der Waals surface area (Å²) >= 11 is 0. The molecule has 0 spiro atoms. The molecule has 1 aromatic carbocycles. The lowest BCUT2D eigenvalue weighted by molar-refractivity contribution is -0.124. The molecule has 1 aromatic heterocycles. The number of nitrogens with zero attached hydrogens (tertiary/aromatic N) is 1. The van der Waals surface area contributed by atoms with Crippen molar-refractivity contribution in [3.8, 4) is 5.75 Å². The van der Waals surface area contributed by atoms with Gasteiger partial charge in [-0.3, -0.25) is 9.78 Å². The highest BCUT2D eigenvalue weighted by molar-refractivity contribution is 5.82. The SMILES string of the molecule is CCC(C)C(N)C(=O)NC(C)c1cccc(OCc2ccccn2)c1. The molecular weight excluding hydrogens is 314 g/mol. The Kier molecular flexibility index (Phi) is 6.95. The Morgan fingerprint density at radius 1 is 1.24 bits per heavy atom. The summed E-state index contributed by atoms with van der Waals surface area (Å²) in [5.74, 6) is 0.775. The molecule has 134 valence electrons. The molecule has 2 rings (SSSR count). The molecule has 0 aliphatic carbocycles. The van der Waals surface area contributed by atoms with Gasteiger partial charge in [0.25, 0.3) is 0 Å². The third-order valence-electron chi connectivity index (χ3n) is 4.39. The second-order valence-corrected chi connectivity index (χ2v) is 6.32. The molecule has 2 aromatic rings. The molecule has 0 aliphatic heterocycles. The molecule has 3 N–H and O–H groups in total. The van der Waals surface area contributed by atoms with Crippen LogP contribution in [0.1, 0.15) is 44.5 Å². The van der Waals surface area contributed by atoms with E-state index in [1.54, 1.807) is 6.20 Å². The summed E-state index contributed by atoms with van der Waals surface area (Å²) in [5, 5.41) is 2.98. The van der Waals surface area contributed by atoms with Crippen LogP contribution in [-0.2, 0) is 11.4 Å². The van der Waals surface area contributed by atoms with Crippen LogP contribution in [0.25, 0.3) is 0 Å². The van der Waals surface area contributed by atoms with E-state index in [-0.39, 0.29) is 17.9 Å². The molecule has 1 heterocycles. The van der Waals surface area contributed by atoms with E-state index in [1.165, 1.54) is 0 Å². The number of carbonyl (C=O) groups is 1. The summed E-state index contributed by atoms with van der Waals surface area (Å²) < 4.78 is 5.79. The third-order valence-corrected chi connectivity index (χ3v) is 4.39. The molecular formula is C20H27N3O2. The van der Waals surface area contributed by atoms with Crippen molar-refractivity contribution in [2.45, 2.75) is 45.9 Å². The topological polar surface area (TPSA) is 77.2 Å². The first-order valence-electron chi connectivity index (χ1n) is 8.70. The molecule has 0 saturated carbocycles. The zero-order valence-electron chi connectivity index (χ0n) is 15.1. The highest BCUT2D eigenvalue weighted by atomic mass is 16.5. The quantitative estimate of drug-likeness (QED) is 0.773. The van der Waals surface area contributed by atoms with Crippen molar-refractivity contribution in [2.75, 3.05) is 0 Å². The predicted molar refractivity (Wildman–Crippen MR) is 99.0 cm³/mol. The highest BCUT2D eigenvalue weighted by Crippen LogP contribution is 2.20. The van der Waals surface area contributed by atoms with Crippen LogP contribution in [0.5, 0.6) is 5.75 Å².